The molecular weight excluding hydrogens is 389 g/mol. The number of nitrogens with zero attached hydrogens (tertiary/aromatic N) is 2. The number of aryl methyl sites for hydroxylation is 1. The smallest absolute Gasteiger partial charge is 0.148 e. The highest BCUT2D eigenvalue weighted by Crippen LogP contribution is 2.29. The van der Waals surface area contributed by atoms with Crippen molar-refractivity contribution in [3.63, 3.8) is 0 Å². The number of nitrogens with one attached hydrogen (secondary N) is 1. The normalized spacial score (nSPS) is 11.4. The van der Waals surface area contributed by atoms with Crippen LogP contribution in [0.4, 0.5) is 0 Å². The van der Waals surface area contributed by atoms with Gasteiger partial charge in [-0.15, -0.1) is 21.5 Å². The van der Waals surface area contributed by atoms with Crippen LogP contribution in [0.3, 0.4) is 0 Å². The Bertz CT molecular complexity index is 507. The zero-order chi connectivity index (χ0) is 13.7. The van der Waals surface area contributed by atoms with Gasteiger partial charge in [0.1, 0.15) is 10.0 Å². The fraction of sp³-hybridized carbons (Fsp3) is 0.538. The second-order valence-corrected chi connectivity index (χ2v) is 8.71. The lowest BCUT2D eigenvalue weighted by atomic mass is 10.2. The highest BCUT2D eigenvalue weighted by molar-refractivity contribution is 14.1. The van der Waals surface area contributed by atoms with Crippen LogP contribution in [0.15, 0.2) is 11.4 Å². The lowest BCUT2D eigenvalue weighted by Gasteiger charge is -2.05. The van der Waals surface area contributed by atoms with E-state index >= 15 is 0 Å². The van der Waals surface area contributed by atoms with Gasteiger partial charge < -0.3 is 5.32 Å². The molecule has 0 radical (unpaired) electrons. The van der Waals surface area contributed by atoms with Crippen LogP contribution in [0.25, 0.3) is 10.6 Å². The van der Waals surface area contributed by atoms with E-state index in [4.69, 9.17) is 0 Å². The van der Waals surface area contributed by atoms with E-state index < -0.39 is 0 Å². The Morgan fingerprint density at radius 3 is 2.89 bits per heavy atom. The summed E-state index contributed by atoms with van der Waals surface area (Å²) in [6, 6.07) is 2.17. The number of halogens is 1. The van der Waals surface area contributed by atoms with Crippen molar-refractivity contribution in [2.75, 3.05) is 13.1 Å². The summed E-state index contributed by atoms with van der Waals surface area (Å²) in [6.45, 7) is 6.61. The van der Waals surface area contributed by atoms with Crippen LogP contribution in [0, 0.1) is 8.80 Å². The maximum atomic E-state index is 4.28. The van der Waals surface area contributed by atoms with Crippen LogP contribution in [0.5, 0.6) is 0 Å². The molecule has 3 nitrogen and oxygen atoms in total. The molecule has 0 saturated heterocycles. The van der Waals surface area contributed by atoms with Crippen molar-refractivity contribution in [2.45, 2.75) is 26.7 Å². The molecule has 0 atom stereocenters. The average molecular weight is 407 g/mol. The van der Waals surface area contributed by atoms with Gasteiger partial charge in [0.2, 0.25) is 0 Å². The van der Waals surface area contributed by atoms with Crippen molar-refractivity contribution in [3.05, 3.63) is 19.3 Å². The lowest BCUT2D eigenvalue weighted by molar-refractivity contribution is 0.542. The van der Waals surface area contributed by atoms with Crippen LogP contribution in [0.1, 0.15) is 25.3 Å². The molecule has 2 heterocycles. The van der Waals surface area contributed by atoms with Crippen molar-refractivity contribution in [1.82, 2.24) is 15.5 Å². The molecule has 104 valence electrons. The van der Waals surface area contributed by atoms with Crippen LogP contribution in [0.2, 0.25) is 0 Å². The summed E-state index contributed by atoms with van der Waals surface area (Å²) in [5, 5.41) is 16.3. The number of aromatic nitrogens is 2. The Morgan fingerprint density at radius 2 is 2.21 bits per heavy atom. The average Bonchev–Trinajstić information content (AvgIpc) is 2.97. The van der Waals surface area contributed by atoms with Crippen molar-refractivity contribution < 1.29 is 0 Å². The van der Waals surface area contributed by atoms with Crippen molar-refractivity contribution in [3.8, 4) is 10.6 Å². The lowest BCUT2D eigenvalue weighted by Crippen LogP contribution is -2.21. The first-order chi connectivity index (χ1) is 9.15. The first kappa shape index (κ1) is 15.3. The number of rotatable bonds is 7. The van der Waals surface area contributed by atoms with Gasteiger partial charge in [-0.25, -0.2) is 0 Å². The zero-order valence-electron chi connectivity index (χ0n) is 11.1. The second-order valence-electron chi connectivity index (χ2n) is 4.84. The van der Waals surface area contributed by atoms with Crippen LogP contribution in [-0.4, -0.2) is 23.3 Å². The summed E-state index contributed by atoms with van der Waals surface area (Å²) < 4.78 is 1.29. The molecule has 0 bridgehead atoms. The van der Waals surface area contributed by atoms with Gasteiger partial charge in [-0.1, -0.05) is 25.2 Å². The third-order valence-corrected chi connectivity index (χ3v) is 5.40. The van der Waals surface area contributed by atoms with E-state index in [1.165, 1.54) is 8.45 Å². The fourth-order valence-corrected chi connectivity index (χ4v) is 3.92. The molecule has 0 unspecified atom stereocenters. The molecule has 2 aromatic heterocycles. The van der Waals surface area contributed by atoms with E-state index in [1.54, 1.807) is 22.7 Å². The van der Waals surface area contributed by atoms with Gasteiger partial charge in [0, 0.05) is 17.4 Å². The summed E-state index contributed by atoms with van der Waals surface area (Å²) in [6.07, 6.45) is 2.15. The molecule has 0 amide bonds. The van der Waals surface area contributed by atoms with Crippen molar-refractivity contribution in [1.29, 1.82) is 0 Å². The zero-order valence-corrected chi connectivity index (χ0v) is 14.9. The highest BCUT2D eigenvalue weighted by Gasteiger charge is 2.08. The van der Waals surface area contributed by atoms with Crippen LogP contribution < -0.4 is 5.32 Å². The maximum Gasteiger partial charge on any atom is 0.148 e. The van der Waals surface area contributed by atoms with E-state index in [1.807, 2.05) is 0 Å². The van der Waals surface area contributed by atoms with Crippen LogP contribution >= 0.6 is 45.3 Å². The molecule has 2 aromatic rings. The van der Waals surface area contributed by atoms with E-state index in [0.29, 0.717) is 5.92 Å². The molecule has 0 aromatic carbocycles. The van der Waals surface area contributed by atoms with E-state index in [9.17, 15) is 0 Å². The first-order valence-corrected chi connectivity index (χ1v) is 9.20. The Labute approximate surface area is 136 Å². The minimum atomic E-state index is 0.717. The number of hydrogen-bond acceptors (Lipinski definition) is 5. The first-order valence-electron chi connectivity index (χ1n) is 6.42. The molecule has 0 spiro atoms. The second kappa shape index (κ2) is 7.66. The van der Waals surface area contributed by atoms with Gasteiger partial charge in [0.25, 0.3) is 0 Å². The standard InChI is InChI=1S/C13H18IN3S2/c1-9(2)7-15-5-3-4-12-16-17-13(19-12)10-6-11(14)18-8-10/h6,8-9,15H,3-5,7H2,1-2H3. The maximum absolute atomic E-state index is 4.28. The summed E-state index contributed by atoms with van der Waals surface area (Å²) in [7, 11) is 0. The molecule has 6 heteroatoms. The van der Waals surface area contributed by atoms with Gasteiger partial charge in [-0.2, -0.15) is 0 Å². The van der Waals surface area contributed by atoms with E-state index in [-0.39, 0.29) is 0 Å². The Morgan fingerprint density at radius 1 is 1.37 bits per heavy atom. The molecule has 0 aliphatic heterocycles. The van der Waals surface area contributed by atoms with Crippen LogP contribution in [-0.2, 0) is 6.42 Å². The molecule has 0 fully saturated rings. The Hall–Kier alpha value is -0.0500. The third kappa shape index (κ3) is 5.09. The summed E-state index contributed by atoms with van der Waals surface area (Å²) in [5.74, 6) is 0.717. The molecular formula is C13H18IN3S2. The minimum absolute atomic E-state index is 0.717. The Kier molecular flexibility index (Phi) is 6.18. The van der Waals surface area contributed by atoms with E-state index in [0.717, 1.165) is 35.9 Å². The molecule has 0 aliphatic carbocycles. The monoisotopic (exact) mass is 407 g/mol. The summed E-state index contributed by atoms with van der Waals surface area (Å²) >= 11 is 5.81. The predicted octanol–water partition coefficient (Wildman–Crippen LogP) is 4.05. The summed E-state index contributed by atoms with van der Waals surface area (Å²) in [4.78, 5) is 0. The van der Waals surface area contributed by atoms with Gasteiger partial charge in [-0.3, -0.25) is 0 Å². The third-order valence-electron chi connectivity index (χ3n) is 2.58. The van der Waals surface area contributed by atoms with Gasteiger partial charge in [0.05, 0.1) is 2.88 Å². The molecule has 0 aliphatic rings. The largest absolute Gasteiger partial charge is 0.316 e. The minimum Gasteiger partial charge on any atom is -0.316 e. The van der Waals surface area contributed by atoms with Gasteiger partial charge in [0.15, 0.2) is 0 Å². The molecule has 2 rings (SSSR count). The number of thiophene rings is 1. The SMILES string of the molecule is CC(C)CNCCCc1nnc(-c2csc(I)c2)s1. The quantitative estimate of drug-likeness (QED) is 0.556. The van der Waals surface area contributed by atoms with Crippen molar-refractivity contribution >= 4 is 45.3 Å². The summed E-state index contributed by atoms with van der Waals surface area (Å²) in [5.41, 5.74) is 1.20. The highest BCUT2D eigenvalue weighted by atomic mass is 127. The molecule has 0 saturated carbocycles. The van der Waals surface area contributed by atoms with Gasteiger partial charge in [-0.05, 0) is 54.1 Å². The molecule has 1 N–H and O–H groups in total. The van der Waals surface area contributed by atoms with Crippen molar-refractivity contribution in [2.24, 2.45) is 5.92 Å². The predicted molar refractivity (Wildman–Crippen MR) is 92.0 cm³/mol. The Balaban J connectivity index is 1.78. The van der Waals surface area contributed by atoms with Gasteiger partial charge >= 0.3 is 0 Å². The molecule has 19 heavy (non-hydrogen) atoms. The number of hydrogen-bond donors (Lipinski definition) is 1. The topological polar surface area (TPSA) is 37.8 Å². The van der Waals surface area contributed by atoms with E-state index in [2.05, 4.69) is 63.4 Å². The fourth-order valence-electron chi connectivity index (χ4n) is 1.65.